The van der Waals surface area contributed by atoms with E-state index in [1.807, 2.05) is 42.6 Å². The van der Waals surface area contributed by atoms with Crippen LogP contribution in [0.15, 0.2) is 66.9 Å². The number of halogens is 3. The molecule has 1 aliphatic rings. The van der Waals surface area contributed by atoms with E-state index in [1.54, 1.807) is 25.9 Å². The molecule has 0 bridgehead atoms. The Bertz CT molecular complexity index is 1250. The van der Waals surface area contributed by atoms with Crippen molar-refractivity contribution >= 4 is 11.8 Å². The number of hydrogen-bond acceptors (Lipinski definition) is 3. The maximum absolute atomic E-state index is 13.7. The van der Waals surface area contributed by atoms with Gasteiger partial charge < -0.3 is 19.1 Å². The fourth-order valence-corrected chi connectivity index (χ4v) is 4.53. The molecule has 3 aromatic rings. The Kier molecular flexibility index (Phi) is 7.10. The van der Waals surface area contributed by atoms with Gasteiger partial charge in [0.2, 0.25) is 5.91 Å². The number of methoxy groups -OCH3 is 1. The molecule has 2 heterocycles. The van der Waals surface area contributed by atoms with Gasteiger partial charge in [-0.25, -0.2) is 0 Å². The monoisotopic (exact) mass is 499 g/mol. The zero-order chi connectivity index (χ0) is 26.0. The number of aromatic nitrogens is 1. The van der Waals surface area contributed by atoms with Gasteiger partial charge in [-0.05, 0) is 61.9 Å². The fraction of sp³-hybridized carbons (Fsp3) is 0.333. The van der Waals surface area contributed by atoms with Crippen molar-refractivity contribution in [2.75, 3.05) is 20.2 Å². The first kappa shape index (κ1) is 25.3. The van der Waals surface area contributed by atoms with E-state index in [9.17, 15) is 22.8 Å². The number of rotatable bonds is 6. The number of amides is 2. The van der Waals surface area contributed by atoms with Gasteiger partial charge in [0.15, 0.2) is 0 Å². The summed E-state index contributed by atoms with van der Waals surface area (Å²) in [5, 5.41) is 0. The fourth-order valence-electron chi connectivity index (χ4n) is 4.53. The topological polar surface area (TPSA) is 54.8 Å². The molecule has 4 rings (SSSR count). The van der Waals surface area contributed by atoms with E-state index in [-0.39, 0.29) is 18.0 Å². The number of hydrogen-bond donors (Lipinski definition) is 0. The van der Waals surface area contributed by atoms with Crippen LogP contribution < -0.4 is 4.74 Å². The molecule has 190 valence electrons. The van der Waals surface area contributed by atoms with Gasteiger partial charge in [-0.15, -0.1) is 0 Å². The molecule has 0 N–H and O–H groups in total. The van der Waals surface area contributed by atoms with Crippen molar-refractivity contribution in [3.63, 3.8) is 0 Å². The predicted octanol–water partition coefficient (Wildman–Crippen LogP) is 5.00. The zero-order valence-corrected chi connectivity index (χ0v) is 20.3. The number of nitrogens with zero attached hydrogens (tertiary/aromatic N) is 3. The third kappa shape index (κ3) is 5.10. The Hall–Kier alpha value is -3.75. The van der Waals surface area contributed by atoms with Crippen LogP contribution in [0.25, 0.3) is 0 Å². The first-order valence-electron chi connectivity index (χ1n) is 11.7. The quantitative estimate of drug-likeness (QED) is 0.480. The number of carbonyl (C=O) groups excluding carboxylic acids is 2. The molecular weight excluding hydrogens is 471 g/mol. The molecule has 0 saturated carbocycles. The van der Waals surface area contributed by atoms with Gasteiger partial charge in [0.05, 0.1) is 18.7 Å². The lowest BCUT2D eigenvalue weighted by Crippen LogP contribution is -2.49. The highest BCUT2D eigenvalue weighted by molar-refractivity contribution is 5.97. The molecule has 36 heavy (non-hydrogen) atoms. The lowest BCUT2D eigenvalue weighted by Gasteiger charge is -2.39. The van der Waals surface area contributed by atoms with Crippen LogP contribution in [-0.4, -0.2) is 52.4 Å². The molecule has 2 amide bonds. The Morgan fingerprint density at radius 3 is 2.50 bits per heavy atom. The first-order chi connectivity index (χ1) is 17.1. The summed E-state index contributed by atoms with van der Waals surface area (Å²) in [6.45, 7) is 4.23. The van der Waals surface area contributed by atoms with Crippen molar-refractivity contribution in [1.29, 1.82) is 0 Å². The lowest BCUT2D eigenvalue weighted by molar-refractivity contribution is -0.137. The lowest BCUT2D eigenvalue weighted by atomic mass is 9.99. The highest BCUT2D eigenvalue weighted by Gasteiger charge is 2.35. The van der Waals surface area contributed by atoms with Crippen LogP contribution in [0.1, 0.15) is 47.1 Å². The van der Waals surface area contributed by atoms with Gasteiger partial charge >= 0.3 is 6.18 Å². The van der Waals surface area contributed by atoms with E-state index >= 15 is 0 Å². The summed E-state index contributed by atoms with van der Waals surface area (Å²) in [5.41, 5.74) is 0.785. The summed E-state index contributed by atoms with van der Waals surface area (Å²) in [5.74, 6) is -0.251. The molecule has 9 heteroatoms. The van der Waals surface area contributed by atoms with Crippen LogP contribution in [0.4, 0.5) is 13.2 Å². The second kappa shape index (κ2) is 10.1. The number of ether oxygens (including phenoxy) is 1. The van der Waals surface area contributed by atoms with E-state index in [4.69, 9.17) is 4.74 Å². The van der Waals surface area contributed by atoms with E-state index in [0.717, 1.165) is 23.4 Å². The molecule has 0 spiro atoms. The second-order valence-electron chi connectivity index (χ2n) is 9.00. The highest BCUT2D eigenvalue weighted by atomic mass is 19.4. The van der Waals surface area contributed by atoms with Crippen LogP contribution in [0.5, 0.6) is 5.75 Å². The Morgan fingerprint density at radius 1 is 1.06 bits per heavy atom. The number of fused-ring (bicyclic) bond motifs is 1. The van der Waals surface area contributed by atoms with Crippen molar-refractivity contribution in [3.05, 3.63) is 89.2 Å². The largest absolute Gasteiger partial charge is 0.497 e. The Labute approximate surface area is 207 Å². The molecule has 0 aliphatic carbocycles. The van der Waals surface area contributed by atoms with Gasteiger partial charge in [0.25, 0.3) is 5.91 Å². The van der Waals surface area contributed by atoms with Gasteiger partial charge in [0, 0.05) is 36.6 Å². The minimum absolute atomic E-state index is 0.108. The molecule has 1 atom stereocenters. The molecule has 0 fully saturated rings. The van der Waals surface area contributed by atoms with E-state index in [1.165, 1.54) is 17.0 Å². The third-order valence-corrected chi connectivity index (χ3v) is 6.39. The molecule has 6 nitrogen and oxygen atoms in total. The summed E-state index contributed by atoms with van der Waals surface area (Å²) < 4.78 is 47.1. The van der Waals surface area contributed by atoms with Crippen molar-refractivity contribution in [2.24, 2.45) is 0 Å². The Morgan fingerprint density at radius 2 is 1.81 bits per heavy atom. The molecular formula is C27H28F3N3O3. The number of alkyl halides is 3. The third-order valence-electron chi connectivity index (χ3n) is 6.39. The standard InChI is InChI=1S/C27H28F3N3O3/c1-18(2)33(26(35)20-8-4-9-21(15-20)27(28,29)30)17-24(34)32-14-13-31-12-6-11-23(31)25(32)19-7-5-10-22(16-19)36-3/h4-12,15-16,18,25H,13-14,17H2,1-3H3. The van der Waals surface area contributed by atoms with Crippen LogP contribution in [-0.2, 0) is 17.5 Å². The number of carbonyl (C=O) groups is 2. The maximum Gasteiger partial charge on any atom is 0.416 e. The molecule has 1 aliphatic heterocycles. The van der Waals surface area contributed by atoms with Gasteiger partial charge in [-0.3, -0.25) is 9.59 Å². The average Bonchev–Trinajstić information content (AvgIpc) is 3.34. The molecule has 2 aromatic carbocycles. The summed E-state index contributed by atoms with van der Waals surface area (Å²) in [4.78, 5) is 29.9. The number of benzene rings is 2. The van der Waals surface area contributed by atoms with Crippen LogP contribution in [0, 0.1) is 0 Å². The summed E-state index contributed by atoms with van der Waals surface area (Å²) in [6.07, 6.45) is -2.61. The molecule has 0 saturated heterocycles. The SMILES string of the molecule is COc1cccc(C2c3cccn3CCN2C(=O)CN(C(=O)c2cccc(C(F)(F)F)c2)C(C)C)c1. The normalized spacial score (nSPS) is 15.5. The van der Waals surface area contributed by atoms with Crippen molar-refractivity contribution in [1.82, 2.24) is 14.4 Å². The minimum Gasteiger partial charge on any atom is -0.497 e. The zero-order valence-electron chi connectivity index (χ0n) is 20.3. The molecule has 1 aromatic heterocycles. The predicted molar refractivity (Wildman–Crippen MR) is 129 cm³/mol. The molecule has 0 radical (unpaired) electrons. The van der Waals surface area contributed by atoms with E-state index in [0.29, 0.717) is 18.8 Å². The summed E-state index contributed by atoms with van der Waals surface area (Å²) >= 11 is 0. The van der Waals surface area contributed by atoms with Crippen LogP contribution in [0.3, 0.4) is 0 Å². The van der Waals surface area contributed by atoms with Crippen LogP contribution in [0.2, 0.25) is 0 Å². The Balaban J connectivity index is 1.63. The van der Waals surface area contributed by atoms with Crippen molar-refractivity contribution < 1.29 is 27.5 Å². The first-order valence-corrected chi connectivity index (χ1v) is 11.7. The summed E-state index contributed by atoms with van der Waals surface area (Å²) in [7, 11) is 1.57. The minimum atomic E-state index is -4.57. The summed E-state index contributed by atoms with van der Waals surface area (Å²) in [6, 6.07) is 14.9. The van der Waals surface area contributed by atoms with Gasteiger partial charge in [-0.1, -0.05) is 18.2 Å². The van der Waals surface area contributed by atoms with E-state index in [2.05, 4.69) is 4.57 Å². The maximum atomic E-state index is 13.7. The van der Waals surface area contributed by atoms with E-state index < -0.39 is 29.7 Å². The van der Waals surface area contributed by atoms with Crippen molar-refractivity contribution in [2.45, 2.75) is 38.7 Å². The van der Waals surface area contributed by atoms with Crippen LogP contribution >= 0.6 is 0 Å². The van der Waals surface area contributed by atoms with Crippen molar-refractivity contribution in [3.8, 4) is 5.75 Å². The van der Waals surface area contributed by atoms with Gasteiger partial charge in [0.1, 0.15) is 12.3 Å². The van der Waals surface area contributed by atoms with Gasteiger partial charge in [-0.2, -0.15) is 13.2 Å². The smallest absolute Gasteiger partial charge is 0.416 e. The highest BCUT2D eigenvalue weighted by Crippen LogP contribution is 2.34. The molecule has 1 unspecified atom stereocenters. The average molecular weight is 500 g/mol. The second-order valence-corrected chi connectivity index (χ2v) is 9.00.